The number of likely N-dealkylation sites (tertiary alicyclic amines) is 1. The Balaban J connectivity index is 1.01. The van der Waals surface area contributed by atoms with Gasteiger partial charge in [-0.05, 0) is 50.5 Å². The number of nitrogen functional groups attached to an aromatic ring is 1. The Morgan fingerprint density at radius 1 is 1.02 bits per heavy atom. The zero-order valence-corrected chi connectivity index (χ0v) is 25.2. The number of aromatic nitrogens is 2. The summed E-state index contributed by atoms with van der Waals surface area (Å²) in [4.78, 5) is 18.2. The van der Waals surface area contributed by atoms with Crippen LogP contribution in [0.3, 0.4) is 0 Å². The van der Waals surface area contributed by atoms with Crippen molar-refractivity contribution in [3.05, 3.63) is 21.6 Å². The SMILES string of the molecule is N#Cc1c(N2CC3CCC(C2)N3)nc(OCC2(CN3CC4CC3CO4)CC2)nc1N1CC2(CCc3sc(N)c(C#N)c32)C1. The quantitative estimate of drug-likeness (QED) is 0.484. The van der Waals surface area contributed by atoms with Gasteiger partial charge in [-0.25, -0.2) is 0 Å². The van der Waals surface area contributed by atoms with Gasteiger partial charge in [-0.1, -0.05) is 0 Å². The van der Waals surface area contributed by atoms with Gasteiger partial charge in [-0.2, -0.15) is 20.5 Å². The molecule has 1 spiro atoms. The second kappa shape index (κ2) is 9.42. The maximum atomic E-state index is 10.5. The van der Waals surface area contributed by atoms with Crippen LogP contribution in [0.5, 0.6) is 6.01 Å². The molecule has 12 heteroatoms. The highest BCUT2D eigenvalue weighted by molar-refractivity contribution is 7.16. The Bertz CT molecular complexity index is 1560. The first-order valence-corrected chi connectivity index (χ1v) is 16.6. The number of aryl methyl sites for hydroxylation is 1. The first-order chi connectivity index (χ1) is 20.9. The highest BCUT2D eigenvalue weighted by Gasteiger charge is 2.53. The molecule has 5 saturated heterocycles. The lowest BCUT2D eigenvalue weighted by Gasteiger charge is -2.49. The summed E-state index contributed by atoms with van der Waals surface area (Å²) in [6, 6.07) is 6.61. The van der Waals surface area contributed by atoms with E-state index in [2.05, 4.69) is 32.2 Å². The van der Waals surface area contributed by atoms with Gasteiger partial charge in [0.05, 0.1) is 24.9 Å². The number of hydrogen-bond donors (Lipinski definition) is 2. The van der Waals surface area contributed by atoms with E-state index in [1.807, 2.05) is 0 Å². The summed E-state index contributed by atoms with van der Waals surface area (Å²) in [6.45, 7) is 6.60. The molecule has 6 fully saturated rings. The molecule has 11 nitrogen and oxygen atoms in total. The van der Waals surface area contributed by atoms with E-state index in [9.17, 15) is 10.5 Å². The van der Waals surface area contributed by atoms with Crippen molar-refractivity contribution in [3.63, 3.8) is 0 Å². The van der Waals surface area contributed by atoms with E-state index in [1.165, 1.54) is 4.88 Å². The number of anilines is 3. The molecule has 7 heterocycles. The van der Waals surface area contributed by atoms with E-state index in [-0.39, 0.29) is 10.8 Å². The fourth-order valence-electron chi connectivity index (χ4n) is 8.83. The van der Waals surface area contributed by atoms with Crippen LogP contribution in [0, 0.1) is 28.1 Å². The van der Waals surface area contributed by atoms with Crippen LogP contribution < -0.4 is 25.6 Å². The fraction of sp³-hybridized carbons (Fsp3) is 0.677. The lowest BCUT2D eigenvalue weighted by atomic mass is 9.74. The van der Waals surface area contributed by atoms with E-state index in [4.69, 9.17) is 25.2 Å². The van der Waals surface area contributed by atoms with Gasteiger partial charge in [0.15, 0.2) is 11.6 Å². The molecular formula is C31H37N9O2S. The topological polar surface area (TPSA) is 140 Å². The lowest BCUT2D eigenvalue weighted by Crippen LogP contribution is -2.59. The summed E-state index contributed by atoms with van der Waals surface area (Å²) in [5, 5.41) is 24.7. The Labute approximate surface area is 255 Å². The minimum absolute atomic E-state index is 0.113. The van der Waals surface area contributed by atoms with Gasteiger partial charge < -0.3 is 30.3 Å². The Morgan fingerprint density at radius 3 is 2.42 bits per heavy atom. The summed E-state index contributed by atoms with van der Waals surface area (Å²) in [7, 11) is 0. The molecule has 3 N–H and O–H groups in total. The van der Waals surface area contributed by atoms with E-state index in [0.29, 0.717) is 77.7 Å². The third-order valence-corrected chi connectivity index (χ3v) is 12.3. The van der Waals surface area contributed by atoms with Crippen molar-refractivity contribution < 1.29 is 9.47 Å². The van der Waals surface area contributed by atoms with Gasteiger partial charge in [0.2, 0.25) is 0 Å². The molecule has 2 aromatic heterocycles. The molecule has 224 valence electrons. The van der Waals surface area contributed by atoms with Gasteiger partial charge in [-0.15, -0.1) is 11.3 Å². The van der Waals surface area contributed by atoms with Crippen molar-refractivity contribution in [2.45, 2.75) is 74.6 Å². The van der Waals surface area contributed by atoms with Crippen LogP contribution in [0.15, 0.2) is 0 Å². The predicted octanol–water partition coefficient (Wildman–Crippen LogP) is 2.14. The van der Waals surface area contributed by atoms with Crippen molar-refractivity contribution >= 4 is 28.0 Å². The molecule has 4 bridgehead atoms. The summed E-state index contributed by atoms with van der Waals surface area (Å²) in [5.41, 5.74) is 8.57. The fourth-order valence-corrected chi connectivity index (χ4v) is 9.97. The number of nitriles is 2. The van der Waals surface area contributed by atoms with Crippen LogP contribution in [0.4, 0.5) is 16.6 Å². The summed E-state index contributed by atoms with van der Waals surface area (Å²) >= 11 is 1.56. The molecule has 5 aliphatic heterocycles. The van der Waals surface area contributed by atoms with Crippen molar-refractivity contribution in [3.8, 4) is 18.1 Å². The third kappa shape index (κ3) is 4.14. The van der Waals surface area contributed by atoms with Crippen LogP contribution >= 0.6 is 11.3 Å². The van der Waals surface area contributed by atoms with Crippen molar-refractivity contribution in [1.29, 1.82) is 10.5 Å². The number of nitrogens with two attached hydrogens (primary N) is 1. The number of rotatable bonds is 7. The molecule has 0 radical (unpaired) electrons. The van der Waals surface area contributed by atoms with Gasteiger partial charge in [0.25, 0.3) is 0 Å². The number of nitrogens with zero attached hydrogens (tertiary/aromatic N) is 7. The molecule has 7 aliphatic rings. The average molecular weight is 600 g/mol. The molecule has 0 amide bonds. The summed E-state index contributed by atoms with van der Waals surface area (Å²) < 4.78 is 12.3. The Morgan fingerprint density at radius 2 is 1.77 bits per heavy atom. The molecule has 2 aliphatic carbocycles. The zero-order valence-electron chi connectivity index (χ0n) is 24.3. The minimum Gasteiger partial charge on any atom is -0.463 e. The molecule has 2 aromatic rings. The first kappa shape index (κ1) is 26.3. The van der Waals surface area contributed by atoms with E-state index in [1.54, 1.807) is 11.3 Å². The Hall–Kier alpha value is -3.16. The smallest absolute Gasteiger partial charge is 0.320 e. The van der Waals surface area contributed by atoms with Gasteiger partial charge in [-0.3, -0.25) is 4.90 Å². The van der Waals surface area contributed by atoms with Crippen LogP contribution in [-0.2, 0) is 16.6 Å². The Kier molecular flexibility index (Phi) is 5.75. The average Bonchev–Trinajstić information content (AvgIpc) is 3.44. The number of morpholine rings is 1. The molecule has 9 rings (SSSR count). The minimum atomic E-state index is -0.113. The highest BCUT2D eigenvalue weighted by atomic mass is 32.1. The third-order valence-electron chi connectivity index (χ3n) is 11.3. The highest BCUT2D eigenvalue weighted by Crippen LogP contribution is 2.53. The molecule has 43 heavy (non-hydrogen) atoms. The molecular weight excluding hydrogens is 562 g/mol. The van der Waals surface area contributed by atoms with Crippen LogP contribution in [0.25, 0.3) is 0 Å². The lowest BCUT2D eigenvalue weighted by molar-refractivity contribution is 0.0176. The maximum absolute atomic E-state index is 10.5. The van der Waals surface area contributed by atoms with E-state index >= 15 is 0 Å². The summed E-state index contributed by atoms with van der Waals surface area (Å²) in [6.07, 6.45) is 8.11. The number of fused-ring (bicyclic) bond motifs is 6. The van der Waals surface area contributed by atoms with Gasteiger partial charge >= 0.3 is 6.01 Å². The largest absolute Gasteiger partial charge is 0.463 e. The molecule has 4 atom stereocenters. The van der Waals surface area contributed by atoms with Crippen LogP contribution in [-0.4, -0.2) is 91.6 Å². The van der Waals surface area contributed by atoms with Crippen LogP contribution in [0.1, 0.15) is 60.1 Å². The van der Waals surface area contributed by atoms with Gasteiger partial charge in [0.1, 0.15) is 22.7 Å². The number of piperazine rings is 1. The molecule has 1 saturated carbocycles. The van der Waals surface area contributed by atoms with E-state index in [0.717, 1.165) is 83.3 Å². The zero-order chi connectivity index (χ0) is 28.9. The van der Waals surface area contributed by atoms with Crippen molar-refractivity contribution in [1.82, 2.24) is 20.2 Å². The molecule has 0 aromatic carbocycles. The maximum Gasteiger partial charge on any atom is 0.320 e. The van der Waals surface area contributed by atoms with Gasteiger partial charge in [0, 0.05) is 73.1 Å². The predicted molar refractivity (Wildman–Crippen MR) is 161 cm³/mol. The summed E-state index contributed by atoms with van der Waals surface area (Å²) in [5.74, 6) is 1.36. The monoisotopic (exact) mass is 599 g/mol. The number of nitrogens with one attached hydrogen (secondary N) is 1. The number of ether oxygens (including phenoxy) is 2. The normalized spacial score (nSPS) is 30.7. The second-order valence-corrected chi connectivity index (χ2v) is 15.3. The first-order valence-electron chi connectivity index (χ1n) is 15.8. The number of hydrogen-bond acceptors (Lipinski definition) is 12. The second-order valence-electron chi connectivity index (χ2n) is 14.1. The van der Waals surface area contributed by atoms with Crippen molar-refractivity contribution in [2.24, 2.45) is 5.41 Å². The standard InChI is InChI=1S/C31H37N9O2S/c32-8-22-25-24(43-26(22)34)3-4-31(25)15-40(16-31)28-23(9-33)27(38-10-18-1-2-19(11-38)35-18)36-29(37-28)42-17-30(5-6-30)14-39-12-21-7-20(39)13-41-21/h18-21,35H,1-7,10-17,34H2. The molecule has 4 unspecified atom stereocenters. The number of thiophene rings is 1. The van der Waals surface area contributed by atoms with Crippen LogP contribution in [0.2, 0.25) is 0 Å². The van der Waals surface area contributed by atoms with E-state index < -0.39 is 0 Å². The van der Waals surface area contributed by atoms with Crippen molar-refractivity contribution in [2.75, 3.05) is 68.0 Å².